The van der Waals surface area contributed by atoms with Crippen molar-refractivity contribution in [1.82, 2.24) is 4.90 Å². The Kier molecular flexibility index (Phi) is 6.56. The molecule has 0 saturated carbocycles. The van der Waals surface area contributed by atoms with Crippen molar-refractivity contribution in [2.75, 3.05) is 13.1 Å². The molecule has 0 aliphatic heterocycles. The molecule has 134 valence electrons. The van der Waals surface area contributed by atoms with Gasteiger partial charge in [0, 0.05) is 18.6 Å². The molecule has 0 radical (unpaired) electrons. The van der Waals surface area contributed by atoms with Crippen molar-refractivity contribution in [3.05, 3.63) is 29.6 Å². The average molecular weight is 339 g/mol. The highest BCUT2D eigenvalue weighted by Crippen LogP contribution is 2.25. The molecular weight excluding hydrogens is 312 g/mol. The fourth-order valence-electron chi connectivity index (χ4n) is 2.07. The SMILES string of the molecule is CCN(CC)C(=O)c1cccc(B(O)OC(C)(C)C(C)(C)O)c1F. The van der Waals surface area contributed by atoms with Crippen molar-refractivity contribution >= 4 is 18.5 Å². The van der Waals surface area contributed by atoms with E-state index in [0.29, 0.717) is 13.1 Å². The van der Waals surface area contributed by atoms with Crippen LogP contribution in [0.5, 0.6) is 0 Å². The predicted octanol–water partition coefficient (Wildman–Crippen LogP) is 1.56. The summed E-state index contributed by atoms with van der Waals surface area (Å²) in [6, 6.07) is 4.24. The van der Waals surface area contributed by atoms with Crippen molar-refractivity contribution in [2.45, 2.75) is 52.7 Å². The number of carbonyl (C=O) groups excluding carboxylic acids is 1. The Balaban J connectivity index is 3.15. The monoisotopic (exact) mass is 339 g/mol. The molecule has 0 spiro atoms. The first kappa shape index (κ1) is 20.6. The summed E-state index contributed by atoms with van der Waals surface area (Å²) in [4.78, 5) is 13.9. The number of aliphatic hydroxyl groups is 1. The third-order valence-corrected chi connectivity index (χ3v) is 4.46. The number of benzene rings is 1. The van der Waals surface area contributed by atoms with Gasteiger partial charge in [-0.2, -0.15) is 0 Å². The Morgan fingerprint density at radius 2 is 1.79 bits per heavy atom. The van der Waals surface area contributed by atoms with Crippen LogP contribution in [0.3, 0.4) is 0 Å². The molecule has 1 aromatic rings. The molecule has 0 heterocycles. The van der Waals surface area contributed by atoms with Crippen LogP contribution in [0.2, 0.25) is 0 Å². The lowest BCUT2D eigenvalue weighted by atomic mass is 9.75. The lowest BCUT2D eigenvalue weighted by Crippen LogP contribution is -2.53. The van der Waals surface area contributed by atoms with E-state index in [-0.39, 0.29) is 11.0 Å². The second kappa shape index (κ2) is 7.63. The van der Waals surface area contributed by atoms with Gasteiger partial charge in [0.1, 0.15) is 5.82 Å². The molecule has 1 amide bonds. The maximum atomic E-state index is 14.7. The van der Waals surface area contributed by atoms with Crippen LogP contribution in [0.15, 0.2) is 18.2 Å². The molecule has 0 unspecified atom stereocenters. The zero-order valence-electron chi connectivity index (χ0n) is 15.3. The summed E-state index contributed by atoms with van der Waals surface area (Å²) in [5, 5.41) is 20.4. The van der Waals surface area contributed by atoms with E-state index in [1.807, 2.05) is 13.8 Å². The van der Waals surface area contributed by atoms with Gasteiger partial charge in [-0.3, -0.25) is 4.79 Å². The Morgan fingerprint density at radius 1 is 1.25 bits per heavy atom. The zero-order chi connectivity index (χ0) is 18.7. The molecule has 0 atom stereocenters. The van der Waals surface area contributed by atoms with E-state index >= 15 is 0 Å². The van der Waals surface area contributed by atoms with Gasteiger partial charge < -0.3 is 19.7 Å². The quantitative estimate of drug-likeness (QED) is 0.740. The maximum absolute atomic E-state index is 14.7. The Hall–Kier alpha value is -1.44. The minimum Gasteiger partial charge on any atom is -0.423 e. The molecule has 1 aromatic carbocycles. The van der Waals surface area contributed by atoms with Gasteiger partial charge in [-0.25, -0.2) is 4.39 Å². The standard InChI is InChI=1S/C17H27BFNO4/c1-7-20(8-2)15(21)12-10-9-11-13(14(12)19)18(23)24-17(5,6)16(3,4)22/h9-11,22-23H,7-8H2,1-6H3. The number of carbonyl (C=O) groups is 1. The van der Waals surface area contributed by atoms with E-state index in [0.717, 1.165) is 0 Å². The van der Waals surface area contributed by atoms with Crippen LogP contribution in [-0.2, 0) is 4.65 Å². The van der Waals surface area contributed by atoms with E-state index in [2.05, 4.69) is 0 Å². The first-order chi connectivity index (χ1) is 11.0. The fourth-order valence-corrected chi connectivity index (χ4v) is 2.07. The van der Waals surface area contributed by atoms with Crippen LogP contribution < -0.4 is 5.46 Å². The molecule has 0 saturated heterocycles. The molecule has 2 N–H and O–H groups in total. The summed E-state index contributed by atoms with van der Waals surface area (Å²) >= 11 is 0. The third kappa shape index (κ3) is 4.34. The second-order valence-electron chi connectivity index (χ2n) is 6.73. The van der Waals surface area contributed by atoms with E-state index < -0.39 is 30.0 Å². The summed E-state index contributed by atoms with van der Waals surface area (Å²) in [5.74, 6) is -1.25. The second-order valence-corrected chi connectivity index (χ2v) is 6.73. The number of amides is 1. The number of rotatable bonds is 7. The number of halogens is 1. The molecular formula is C17H27BFNO4. The third-order valence-electron chi connectivity index (χ3n) is 4.46. The average Bonchev–Trinajstić information content (AvgIpc) is 2.46. The van der Waals surface area contributed by atoms with E-state index in [9.17, 15) is 19.3 Å². The van der Waals surface area contributed by atoms with Crippen molar-refractivity contribution < 1.29 is 24.0 Å². The molecule has 7 heteroatoms. The minimum atomic E-state index is -1.60. The first-order valence-electron chi connectivity index (χ1n) is 8.12. The van der Waals surface area contributed by atoms with E-state index in [1.54, 1.807) is 13.8 Å². The zero-order valence-corrected chi connectivity index (χ0v) is 15.3. The summed E-state index contributed by atoms with van der Waals surface area (Å²) in [5.41, 5.74) is -2.62. The van der Waals surface area contributed by atoms with Crippen molar-refractivity contribution in [3.63, 3.8) is 0 Å². The summed E-state index contributed by atoms with van der Waals surface area (Å²) in [7, 11) is -1.60. The molecule has 1 rings (SSSR count). The summed E-state index contributed by atoms with van der Waals surface area (Å²) in [6.07, 6.45) is 0. The molecule has 0 aromatic heterocycles. The van der Waals surface area contributed by atoms with Crippen LogP contribution >= 0.6 is 0 Å². The maximum Gasteiger partial charge on any atom is 0.494 e. The first-order valence-corrected chi connectivity index (χ1v) is 8.12. The van der Waals surface area contributed by atoms with E-state index in [1.165, 1.54) is 36.9 Å². The van der Waals surface area contributed by atoms with Crippen molar-refractivity contribution in [1.29, 1.82) is 0 Å². The van der Waals surface area contributed by atoms with Gasteiger partial charge >= 0.3 is 7.12 Å². The Labute approximate surface area is 143 Å². The molecule has 0 aliphatic carbocycles. The molecule has 0 fully saturated rings. The smallest absolute Gasteiger partial charge is 0.423 e. The normalized spacial score (nSPS) is 12.2. The van der Waals surface area contributed by atoms with Gasteiger partial charge in [-0.1, -0.05) is 12.1 Å². The molecule has 0 aliphatic rings. The highest BCUT2D eigenvalue weighted by atomic mass is 19.1. The number of nitrogens with zero attached hydrogens (tertiary/aromatic N) is 1. The topological polar surface area (TPSA) is 70.0 Å². The number of hydrogen-bond donors (Lipinski definition) is 2. The van der Waals surface area contributed by atoms with Crippen molar-refractivity contribution in [3.8, 4) is 0 Å². The van der Waals surface area contributed by atoms with Gasteiger partial charge in [0.2, 0.25) is 0 Å². The lowest BCUT2D eigenvalue weighted by Gasteiger charge is -2.38. The van der Waals surface area contributed by atoms with Gasteiger partial charge in [0.25, 0.3) is 5.91 Å². The van der Waals surface area contributed by atoms with Crippen molar-refractivity contribution in [2.24, 2.45) is 0 Å². The Bertz CT molecular complexity index is 582. The largest absolute Gasteiger partial charge is 0.494 e. The van der Waals surface area contributed by atoms with Crippen LogP contribution in [0, 0.1) is 5.82 Å². The van der Waals surface area contributed by atoms with Crippen LogP contribution in [0.4, 0.5) is 4.39 Å². The van der Waals surface area contributed by atoms with Crippen LogP contribution in [0.25, 0.3) is 0 Å². The van der Waals surface area contributed by atoms with Crippen LogP contribution in [-0.4, -0.2) is 52.3 Å². The highest BCUT2D eigenvalue weighted by molar-refractivity contribution is 6.60. The predicted molar refractivity (Wildman–Crippen MR) is 92.7 cm³/mol. The summed E-state index contributed by atoms with van der Waals surface area (Å²) in [6.45, 7) is 10.8. The number of hydrogen-bond acceptors (Lipinski definition) is 4. The fraction of sp³-hybridized carbons (Fsp3) is 0.588. The van der Waals surface area contributed by atoms with Crippen LogP contribution in [0.1, 0.15) is 51.9 Å². The molecule has 5 nitrogen and oxygen atoms in total. The van der Waals surface area contributed by atoms with E-state index in [4.69, 9.17) is 4.65 Å². The van der Waals surface area contributed by atoms with Gasteiger partial charge in [0.15, 0.2) is 0 Å². The Morgan fingerprint density at radius 3 is 2.25 bits per heavy atom. The summed E-state index contributed by atoms with van der Waals surface area (Å²) < 4.78 is 20.2. The van der Waals surface area contributed by atoms with Gasteiger partial charge in [-0.05, 0) is 47.6 Å². The van der Waals surface area contributed by atoms with Gasteiger partial charge in [-0.15, -0.1) is 0 Å². The molecule has 24 heavy (non-hydrogen) atoms. The molecule has 0 bridgehead atoms. The highest BCUT2D eigenvalue weighted by Gasteiger charge is 2.40. The minimum absolute atomic E-state index is 0.111. The van der Waals surface area contributed by atoms with Gasteiger partial charge in [0.05, 0.1) is 16.8 Å². The lowest BCUT2D eigenvalue weighted by molar-refractivity contribution is -0.0983.